The maximum Gasteiger partial charge on any atom is 0.301 e. The van der Waals surface area contributed by atoms with Crippen LogP contribution < -0.4 is 14.3 Å². The van der Waals surface area contributed by atoms with E-state index >= 15 is 0 Å². The number of hydrogen-bond donors (Lipinski definition) is 2. The van der Waals surface area contributed by atoms with Gasteiger partial charge in [0.15, 0.2) is 0 Å². The van der Waals surface area contributed by atoms with Gasteiger partial charge in [0.2, 0.25) is 0 Å². The van der Waals surface area contributed by atoms with Gasteiger partial charge < -0.3 is 5.32 Å². The number of benzene rings is 3. The van der Waals surface area contributed by atoms with Crippen LogP contribution in [0.25, 0.3) is 22.0 Å². The monoisotopic (exact) mass is 444 g/mol. The average Bonchev–Trinajstić information content (AvgIpc) is 3.18. The smallest absolute Gasteiger partial charge is 0.301 e. The van der Waals surface area contributed by atoms with E-state index in [4.69, 9.17) is 0 Å². The van der Waals surface area contributed by atoms with Gasteiger partial charge in [0.05, 0.1) is 11.4 Å². The molecule has 1 amide bonds. The Labute approximate surface area is 185 Å². The fourth-order valence-corrected chi connectivity index (χ4v) is 5.05. The van der Waals surface area contributed by atoms with Gasteiger partial charge in [0.1, 0.15) is 0 Å². The van der Waals surface area contributed by atoms with E-state index in [2.05, 4.69) is 15.0 Å². The molecule has 1 aliphatic rings. The van der Waals surface area contributed by atoms with Gasteiger partial charge in [-0.15, -0.1) is 0 Å². The Morgan fingerprint density at radius 1 is 0.969 bits per heavy atom. The second-order valence-corrected chi connectivity index (χ2v) is 9.11. The molecule has 8 heteroatoms. The number of nitrogens with one attached hydrogen (secondary N) is 2. The number of fused-ring (bicyclic) bond motifs is 1. The van der Waals surface area contributed by atoms with Crippen LogP contribution in [0, 0.1) is 0 Å². The minimum Gasteiger partial charge on any atom is -0.322 e. The van der Waals surface area contributed by atoms with Crippen molar-refractivity contribution < 1.29 is 13.2 Å². The number of carbonyl (C=O) groups excluding carboxylic acids is 1. The normalized spacial score (nSPS) is 15.1. The minimum atomic E-state index is -3.49. The van der Waals surface area contributed by atoms with Crippen molar-refractivity contribution in [2.75, 3.05) is 22.7 Å². The minimum absolute atomic E-state index is 0.276. The number of carbonyl (C=O) groups is 1. The fraction of sp³-hybridized carbons (Fsp3) is 0.0833. The molecule has 1 fully saturated rings. The molecule has 1 aliphatic heterocycles. The van der Waals surface area contributed by atoms with Gasteiger partial charge in [-0.1, -0.05) is 36.4 Å². The second-order valence-electron chi connectivity index (χ2n) is 7.43. The van der Waals surface area contributed by atoms with E-state index in [1.54, 1.807) is 30.5 Å². The summed E-state index contributed by atoms with van der Waals surface area (Å²) in [6.45, 7) is 0.731. The first-order valence-corrected chi connectivity index (χ1v) is 11.6. The Balaban J connectivity index is 1.37. The highest BCUT2D eigenvalue weighted by Crippen LogP contribution is 2.28. The van der Waals surface area contributed by atoms with E-state index in [9.17, 15) is 13.2 Å². The van der Waals surface area contributed by atoms with Crippen molar-refractivity contribution in [2.24, 2.45) is 0 Å². The highest BCUT2D eigenvalue weighted by Gasteiger charge is 2.27. The van der Waals surface area contributed by atoms with Gasteiger partial charge in [-0.3, -0.25) is 14.1 Å². The summed E-state index contributed by atoms with van der Waals surface area (Å²) in [7, 11) is -3.49. The molecule has 3 aromatic carbocycles. The molecule has 2 heterocycles. The highest BCUT2D eigenvalue weighted by molar-refractivity contribution is 7.91. The van der Waals surface area contributed by atoms with Gasteiger partial charge in [-0.05, 0) is 47.9 Å². The third-order valence-electron chi connectivity index (χ3n) is 5.37. The molecular weight excluding hydrogens is 424 g/mol. The Kier molecular flexibility index (Phi) is 5.08. The van der Waals surface area contributed by atoms with Gasteiger partial charge in [0.25, 0.3) is 5.91 Å². The van der Waals surface area contributed by atoms with Crippen LogP contribution in [0.2, 0.25) is 0 Å². The maximum absolute atomic E-state index is 12.8. The summed E-state index contributed by atoms with van der Waals surface area (Å²) in [5.74, 6) is -0.276. The molecule has 1 aromatic heterocycles. The summed E-state index contributed by atoms with van der Waals surface area (Å²) >= 11 is 0. The van der Waals surface area contributed by atoms with Crippen LogP contribution in [0.3, 0.4) is 0 Å². The Bertz CT molecular complexity index is 1410. The number of nitrogens with zero attached hydrogens (tertiary/aromatic N) is 2. The average molecular weight is 445 g/mol. The molecule has 4 aromatic rings. The van der Waals surface area contributed by atoms with Crippen LogP contribution in [-0.2, 0) is 10.2 Å². The number of rotatable bonds is 4. The van der Waals surface area contributed by atoms with E-state index in [1.165, 1.54) is 4.31 Å². The van der Waals surface area contributed by atoms with E-state index in [-0.39, 0.29) is 5.91 Å². The first-order chi connectivity index (χ1) is 15.5. The Hall–Kier alpha value is -3.75. The molecular formula is C24H20N4O3S. The van der Waals surface area contributed by atoms with E-state index < -0.39 is 10.2 Å². The number of pyridine rings is 1. The van der Waals surface area contributed by atoms with E-state index in [0.717, 1.165) is 22.0 Å². The Morgan fingerprint density at radius 3 is 2.56 bits per heavy atom. The van der Waals surface area contributed by atoms with Crippen LogP contribution in [0.15, 0.2) is 85.1 Å². The highest BCUT2D eigenvalue weighted by atomic mass is 32.2. The van der Waals surface area contributed by atoms with Crippen LogP contribution in [0.4, 0.5) is 11.4 Å². The molecule has 0 unspecified atom stereocenters. The standard InChI is InChI=1S/C24H20N4O3S/c29-24(18-8-10-21(11-9-18)28-15-14-26-32(28,30)31)27-20-6-3-5-19(16-20)23-22-7-2-1-4-17(22)12-13-25-23/h1-13,16,26H,14-15H2,(H,27,29). The van der Waals surface area contributed by atoms with Crippen LogP contribution in [0.5, 0.6) is 0 Å². The summed E-state index contributed by atoms with van der Waals surface area (Å²) in [5, 5.41) is 5.05. The summed E-state index contributed by atoms with van der Waals surface area (Å²) in [6.07, 6.45) is 1.78. The van der Waals surface area contributed by atoms with Crippen molar-refractivity contribution in [3.8, 4) is 11.3 Å². The van der Waals surface area contributed by atoms with Gasteiger partial charge >= 0.3 is 10.2 Å². The predicted molar refractivity (Wildman–Crippen MR) is 126 cm³/mol. The first-order valence-electron chi connectivity index (χ1n) is 10.1. The largest absolute Gasteiger partial charge is 0.322 e. The lowest BCUT2D eigenvalue weighted by Crippen LogP contribution is -2.29. The topological polar surface area (TPSA) is 91.4 Å². The van der Waals surface area contributed by atoms with Gasteiger partial charge in [-0.2, -0.15) is 13.1 Å². The van der Waals surface area contributed by atoms with Crippen molar-refractivity contribution in [1.29, 1.82) is 0 Å². The zero-order valence-electron chi connectivity index (χ0n) is 17.0. The van der Waals surface area contributed by atoms with Crippen LogP contribution >= 0.6 is 0 Å². The van der Waals surface area contributed by atoms with Crippen molar-refractivity contribution in [1.82, 2.24) is 9.71 Å². The summed E-state index contributed by atoms with van der Waals surface area (Å²) in [4.78, 5) is 17.3. The summed E-state index contributed by atoms with van der Waals surface area (Å²) in [6, 6.07) is 24.1. The molecule has 0 atom stereocenters. The van der Waals surface area contributed by atoms with E-state index in [0.29, 0.717) is 30.0 Å². The number of hydrogen-bond acceptors (Lipinski definition) is 4. The zero-order valence-corrected chi connectivity index (χ0v) is 17.8. The maximum atomic E-state index is 12.8. The van der Waals surface area contributed by atoms with Crippen LogP contribution in [-0.4, -0.2) is 32.4 Å². The molecule has 160 valence electrons. The number of amides is 1. The zero-order chi connectivity index (χ0) is 22.1. The molecule has 0 spiro atoms. The summed E-state index contributed by atoms with van der Waals surface area (Å²) in [5.41, 5.74) is 3.37. The lowest BCUT2D eigenvalue weighted by molar-refractivity contribution is 0.102. The van der Waals surface area contributed by atoms with Crippen molar-refractivity contribution >= 4 is 38.3 Å². The first kappa shape index (κ1) is 20.2. The molecule has 7 nitrogen and oxygen atoms in total. The fourth-order valence-electron chi connectivity index (χ4n) is 3.82. The third kappa shape index (κ3) is 3.81. The lowest BCUT2D eigenvalue weighted by Gasteiger charge is -2.16. The molecule has 2 N–H and O–H groups in total. The quantitative estimate of drug-likeness (QED) is 0.501. The van der Waals surface area contributed by atoms with E-state index in [1.807, 2.05) is 54.6 Å². The second kappa shape index (κ2) is 8.07. The lowest BCUT2D eigenvalue weighted by atomic mass is 10.0. The third-order valence-corrected chi connectivity index (χ3v) is 6.92. The van der Waals surface area contributed by atoms with Gasteiger partial charge in [-0.25, -0.2) is 0 Å². The molecule has 0 radical (unpaired) electrons. The molecule has 0 saturated carbocycles. The summed E-state index contributed by atoms with van der Waals surface area (Å²) < 4.78 is 27.7. The Morgan fingerprint density at radius 2 is 1.78 bits per heavy atom. The molecule has 0 bridgehead atoms. The van der Waals surface area contributed by atoms with Gasteiger partial charge in [0, 0.05) is 41.5 Å². The van der Waals surface area contributed by atoms with Crippen molar-refractivity contribution in [2.45, 2.75) is 0 Å². The molecule has 5 rings (SSSR count). The molecule has 1 saturated heterocycles. The predicted octanol–water partition coefficient (Wildman–Crippen LogP) is 3.81. The molecule has 32 heavy (non-hydrogen) atoms. The number of anilines is 2. The number of aromatic nitrogens is 1. The molecule has 0 aliphatic carbocycles. The SMILES string of the molecule is O=C(Nc1cccc(-c2nccc3ccccc23)c1)c1ccc(N2CCNS2(=O)=O)cc1. The van der Waals surface area contributed by atoms with Crippen LogP contribution in [0.1, 0.15) is 10.4 Å². The van der Waals surface area contributed by atoms with Crippen molar-refractivity contribution in [3.05, 3.63) is 90.6 Å². The van der Waals surface area contributed by atoms with Crippen molar-refractivity contribution in [3.63, 3.8) is 0 Å².